The van der Waals surface area contributed by atoms with Gasteiger partial charge in [-0.3, -0.25) is 4.99 Å². The Balaban J connectivity index is 0.00000220. The fourth-order valence-corrected chi connectivity index (χ4v) is 2.85. The Morgan fingerprint density at radius 3 is 2.62 bits per heavy atom. The second-order valence-electron chi connectivity index (χ2n) is 4.71. The predicted octanol–water partition coefficient (Wildman–Crippen LogP) is 3.67. The second kappa shape index (κ2) is 11.0. The van der Waals surface area contributed by atoms with Crippen LogP contribution < -0.4 is 10.6 Å². The fraction of sp³-hybridized carbons (Fsp3) is 0.438. The molecular formula is C16H24IN3S. The number of nitrogens with one attached hydrogen (secondary N) is 2. The van der Waals surface area contributed by atoms with Gasteiger partial charge in [-0.15, -0.1) is 35.7 Å². The molecule has 0 bridgehead atoms. The lowest BCUT2D eigenvalue weighted by atomic mass is 10.2. The normalized spacial score (nSPS) is 14.8. The molecular weight excluding hydrogens is 393 g/mol. The highest BCUT2D eigenvalue weighted by molar-refractivity contribution is 14.0. The summed E-state index contributed by atoms with van der Waals surface area (Å²) in [4.78, 5) is 5.94. The molecule has 0 saturated heterocycles. The number of guanidine groups is 1. The molecule has 0 unspecified atom stereocenters. The molecule has 1 aromatic rings. The van der Waals surface area contributed by atoms with Gasteiger partial charge in [-0.2, -0.15) is 0 Å². The van der Waals surface area contributed by atoms with Crippen LogP contribution >= 0.6 is 35.7 Å². The highest BCUT2D eigenvalue weighted by Crippen LogP contribution is 2.16. The predicted molar refractivity (Wildman–Crippen MR) is 104 cm³/mol. The summed E-state index contributed by atoms with van der Waals surface area (Å²) in [6.07, 6.45) is 6.66. The number of aliphatic imine (C=N–C) groups is 1. The van der Waals surface area contributed by atoms with Crippen LogP contribution in [0.1, 0.15) is 19.8 Å². The number of benzene rings is 1. The molecule has 0 amide bonds. The summed E-state index contributed by atoms with van der Waals surface area (Å²) in [6, 6.07) is 11.0. The zero-order chi connectivity index (χ0) is 14.0. The van der Waals surface area contributed by atoms with Crippen LogP contribution in [0.25, 0.3) is 0 Å². The van der Waals surface area contributed by atoms with Gasteiger partial charge in [-0.25, -0.2) is 0 Å². The van der Waals surface area contributed by atoms with E-state index in [1.165, 1.54) is 4.90 Å². The van der Waals surface area contributed by atoms with Crippen molar-refractivity contribution in [2.24, 2.45) is 4.99 Å². The molecule has 0 heterocycles. The Kier molecular flexibility index (Phi) is 9.58. The monoisotopic (exact) mass is 417 g/mol. The second-order valence-corrected chi connectivity index (χ2v) is 5.87. The van der Waals surface area contributed by atoms with Crippen molar-refractivity contribution in [3.8, 4) is 0 Å². The van der Waals surface area contributed by atoms with Crippen LogP contribution in [0.15, 0.2) is 52.4 Å². The molecule has 5 heteroatoms. The third kappa shape index (κ3) is 7.22. The first-order chi connectivity index (χ1) is 9.88. The molecule has 1 aliphatic carbocycles. The number of halogens is 1. The van der Waals surface area contributed by atoms with Crippen LogP contribution in [0.5, 0.6) is 0 Å². The van der Waals surface area contributed by atoms with Crippen LogP contribution in [-0.2, 0) is 0 Å². The van der Waals surface area contributed by atoms with E-state index in [1.54, 1.807) is 0 Å². The van der Waals surface area contributed by atoms with Crippen molar-refractivity contribution in [1.82, 2.24) is 10.6 Å². The highest BCUT2D eigenvalue weighted by atomic mass is 127. The Labute approximate surface area is 149 Å². The summed E-state index contributed by atoms with van der Waals surface area (Å²) in [5.41, 5.74) is 0. The number of nitrogens with zero attached hydrogens (tertiary/aromatic N) is 1. The average molecular weight is 417 g/mol. The van der Waals surface area contributed by atoms with Crippen molar-refractivity contribution in [1.29, 1.82) is 0 Å². The maximum absolute atomic E-state index is 4.64. The van der Waals surface area contributed by atoms with E-state index in [2.05, 4.69) is 59.0 Å². The van der Waals surface area contributed by atoms with Crippen LogP contribution in [0.2, 0.25) is 0 Å². The Hall–Kier alpha value is -0.690. The summed E-state index contributed by atoms with van der Waals surface area (Å²) in [5, 5.41) is 6.79. The van der Waals surface area contributed by atoms with Gasteiger partial charge in [0.25, 0.3) is 0 Å². The molecule has 0 atom stereocenters. The summed E-state index contributed by atoms with van der Waals surface area (Å²) in [7, 11) is 0. The minimum absolute atomic E-state index is 0. The molecule has 3 nitrogen and oxygen atoms in total. The van der Waals surface area contributed by atoms with Gasteiger partial charge < -0.3 is 10.6 Å². The van der Waals surface area contributed by atoms with Gasteiger partial charge >= 0.3 is 0 Å². The molecule has 2 N–H and O–H groups in total. The first-order valence-corrected chi connectivity index (χ1v) is 8.24. The lowest BCUT2D eigenvalue weighted by Crippen LogP contribution is -2.42. The Bertz CT molecular complexity index is 440. The summed E-state index contributed by atoms with van der Waals surface area (Å²) in [5.74, 6) is 1.94. The zero-order valence-corrected chi connectivity index (χ0v) is 15.6. The Morgan fingerprint density at radius 1 is 1.24 bits per heavy atom. The molecule has 21 heavy (non-hydrogen) atoms. The van der Waals surface area contributed by atoms with Crippen molar-refractivity contribution < 1.29 is 0 Å². The molecule has 0 radical (unpaired) electrons. The minimum Gasteiger partial charge on any atom is -0.357 e. The van der Waals surface area contributed by atoms with Gasteiger partial charge in [0.15, 0.2) is 5.96 Å². The molecule has 0 spiro atoms. The molecule has 1 aromatic carbocycles. The van der Waals surface area contributed by atoms with Crippen LogP contribution in [0.3, 0.4) is 0 Å². The SMILES string of the molecule is CCNC(=NCCSc1ccccc1)NC1CC=CC1.I. The minimum atomic E-state index is 0. The van der Waals surface area contributed by atoms with Crippen molar-refractivity contribution in [3.63, 3.8) is 0 Å². The highest BCUT2D eigenvalue weighted by Gasteiger charge is 2.11. The van der Waals surface area contributed by atoms with Crippen LogP contribution in [-0.4, -0.2) is 30.8 Å². The Morgan fingerprint density at radius 2 is 1.95 bits per heavy atom. The number of hydrogen-bond acceptors (Lipinski definition) is 2. The molecule has 116 valence electrons. The van der Waals surface area contributed by atoms with Crippen LogP contribution in [0.4, 0.5) is 0 Å². The van der Waals surface area contributed by atoms with E-state index in [0.717, 1.165) is 37.6 Å². The average Bonchev–Trinajstić information content (AvgIpc) is 2.98. The van der Waals surface area contributed by atoms with Crippen molar-refractivity contribution >= 4 is 41.7 Å². The van der Waals surface area contributed by atoms with Gasteiger partial charge in [0.2, 0.25) is 0 Å². The topological polar surface area (TPSA) is 36.4 Å². The van der Waals surface area contributed by atoms with Crippen molar-refractivity contribution in [2.45, 2.75) is 30.7 Å². The maximum Gasteiger partial charge on any atom is 0.191 e. The third-order valence-corrected chi connectivity index (χ3v) is 4.06. The van der Waals surface area contributed by atoms with E-state index < -0.39 is 0 Å². The van der Waals surface area contributed by atoms with E-state index in [9.17, 15) is 0 Å². The van der Waals surface area contributed by atoms with E-state index >= 15 is 0 Å². The van der Waals surface area contributed by atoms with Gasteiger partial charge in [-0.1, -0.05) is 30.4 Å². The lowest BCUT2D eigenvalue weighted by molar-refractivity contribution is 0.634. The molecule has 2 rings (SSSR count). The third-order valence-electron chi connectivity index (χ3n) is 3.07. The van der Waals surface area contributed by atoms with E-state index in [0.29, 0.717) is 6.04 Å². The van der Waals surface area contributed by atoms with Crippen LogP contribution in [0, 0.1) is 0 Å². The first kappa shape index (κ1) is 18.4. The molecule has 1 aliphatic rings. The maximum atomic E-state index is 4.64. The smallest absolute Gasteiger partial charge is 0.191 e. The first-order valence-electron chi connectivity index (χ1n) is 7.26. The summed E-state index contributed by atoms with van der Waals surface area (Å²) >= 11 is 1.85. The molecule has 0 aromatic heterocycles. The number of thioether (sulfide) groups is 1. The molecule has 0 saturated carbocycles. The van der Waals surface area contributed by atoms with Gasteiger partial charge in [0.05, 0.1) is 6.54 Å². The zero-order valence-electron chi connectivity index (χ0n) is 12.4. The summed E-state index contributed by atoms with van der Waals surface area (Å²) < 4.78 is 0. The largest absolute Gasteiger partial charge is 0.357 e. The summed E-state index contributed by atoms with van der Waals surface area (Å²) in [6.45, 7) is 3.83. The number of rotatable bonds is 6. The molecule has 0 aliphatic heterocycles. The number of hydrogen-bond donors (Lipinski definition) is 2. The van der Waals surface area contributed by atoms with Crippen molar-refractivity contribution in [3.05, 3.63) is 42.5 Å². The fourth-order valence-electron chi connectivity index (χ4n) is 2.09. The van der Waals surface area contributed by atoms with Crippen molar-refractivity contribution in [2.75, 3.05) is 18.8 Å². The van der Waals surface area contributed by atoms with E-state index in [4.69, 9.17) is 0 Å². The quantitative estimate of drug-likeness (QED) is 0.185. The van der Waals surface area contributed by atoms with Gasteiger partial charge in [0.1, 0.15) is 0 Å². The van der Waals surface area contributed by atoms with E-state index in [-0.39, 0.29) is 24.0 Å². The van der Waals surface area contributed by atoms with Gasteiger partial charge in [-0.05, 0) is 31.9 Å². The van der Waals surface area contributed by atoms with Gasteiger partial charge in [0, 0.05) is 23.2 Å². The lowest BCUT2D eigenvalue weighted by Gasteiger charge is -2.16. The molecule has 0 fully saturated rings. The standard InChI is InChI=1S/C16H23N3S.HI/c1-2-17-16(19-14-8-6-7-9-14)18-12-13-20-15-10-4-3-5-11-15;/h3-7,10-11,14H,2,8-9,12-13H2,1H3,(H2,17,18,19);1H. The van der Waals surface area contributed by atoms with E-state index in [1.807, 2.05) is 17.8 Å².